The van der Waals surface area contributed by atoms with Crippen molar-refractivity contribution in [1.29, 1.82) is 0 Å². The van der Waals surface area contributed by atoms with Gasteiger partial charge in [-0.2, -0.15) is 0 Å². The van der Waals surface area contributed by atoms with Crippen molar-refractivity contribution < 1.29 is 9.59 Å². The zero-order valence-corrected chi connectivity index (χ0v) is 14.3. The molecule has 0 aliphatic rings. The largest absolute Gasteiger partial charge is 0.323 e. The van der Waals surface area contributed by atoms with Gasteiger partial charge in [0.1, 0.15) is 6.54 Å². The molecular weight excluding hydrogens is 335 g/mol. The van der Waals surface area contributed by atoms with Gasteiger partial charge < -0.3 is 10.2 Å². The number of anilines is 2. The minimum atomic E-state index is -0.354. The van der Waals surface area contributed by atoms with Crippen molar-refractivity contribution in [2.24, 2.45) is 0 Å². The minimum absolute atomic E-state index is 0.108. The van der Waals surface area contributed by atoms with Gasteiger partial charge in [-0.25, -0.2) is 0 Å². The van der Waals surface area contributed by atoms with Crippen LogP contribution in [0.15, 0.2) is 42.5 Å². The first-order chi connectivity index (χ1) is 10.9. The van der Waals surface area contributed by atoms with Crippen LogP contribution in [-0.2, 0) is 9.59 Å². The molecule has 2 aromatic carbocycles. The SMILES string of the molecule is CC(=O)N(CC(=O)Nc1cc(Cl)ccc1Cl)c1ccccc1C. The maximum absolute atomic E-state index is 12.3. The topological polar surface area (TPSA) is 49.4 Å². The van der Waals surface area contributed by atoms with Gasteiger partial charge in [0.25, 0.3) is 0 Å². The number of benzene rings is 2. The van der Waals surface area contributed by atoms with E-state index in [9.17, 15) is 9.59 Å². The Morgan fingerprint density at radius 1 is 1.13 bits per heavy atom. The van der Waals surface area contributed by atoms with Crippen LogP contribution in [0.4, 0.5) is 11.4 Å². The Labute approximate surface area is 145 Å². The number of halogens is 2. The van der Waals surface area contributed by atoms with Crippen LogP contribution in [0, 0.1) is 6.92 Å². The molecule has 4 nitrogen and oxygen atoms in total. The van der Waals surface area contributed by atoms with Crippen molar-refractivity contribution in [3.8, 4) is 0 Å². The molecule has 0 unspecified atom stereocenters. The highest BCUT2D eigenvalue weighted by Crippen LogP contribution is 2.26. The first-order valence-electron chi connectivity index (χ1n) is 6.97. The molecule has 2 rings (SSSR count). The maximum Gasteiger partial charge on any atom is 0.244 e. The average Bonchev–Trinajstić information content (AvgIpc) is 2.49. The van der Waals surface area contributed by atoms with E-state index in [1.165, 1.54) is 11.8 Å². The van der Waals surface area contributed by atoms with E-state index in [0.29, 0.717) is 21.4 Å². The standard InChI is InChI=1S/C17H16Cl2N2O2/c1-11-5-3-4-6-16(11)21(12(2)22)10-17(23)20-15-9-13(18)7-8-14(15)19/h3-9H,10H2,1-2H3,(H,20,23). The smallest absolute Gasteiger partial charge is 0.244 e. The summed E-state index contributed by atoms with van der Waals surface area (Å²) >= 11 is 11.9. The highest BCUT2D eigenvalue weighted by Gasteiger charge is 2.18. The van der Waals surface area contributed by atoms with E-state index < -0.39 is 0 Å². The molecule has 0 radical (unpaired) electrons. The Hall–Kier alpha value is -2.04. The Balaban J connectivity index is 2.18. The van der Waals surface area contributed by atoms with Crippen molar-refractivity contribution in [2.75, 3.05) is 16.8 Å². The van der Waals surface area contributed by atoms with Gasteiger partial charge in [-0.3, -0.25) is 9.59 Å². The Kier molecular flexibility index (Phi) is 5.64. The summed E-state index contributed by atoms with van der Waals surface area (Å²) in [6.07, 6.45) is 0. The Morgan fingerprint density at radius 2 is 1.83 bits per heavy atom. The van der Waals surface area contributed by atoms with Gasteiger partial charge in [0.15, 0.2) is 0 Å². The summed E-state index contributed by atoms with van der Waals surface area (Å²) in [5, 5.41) is 3.52. The number of nitrogens with one attached hydrogen (secondary N) is 1. The number of hydrogen-bond donors (Lipinski definition) is 1. The zero-order valence-electron chi connectivity index (χ0n) is 12.8. The van der Waals surface area contributed by atoms with Crippen LogP contribution in [-0.4, -0.2) is 18.4 Å². The van der Waals surface area contributed by atoms with E-state index in [0.717, 1.165) is 5.56 Å². The zero-order chi connectivity index (χ0) is 17.0. The van der Waals surface area contributed by atoms with E-state index in [2.05, 4.69) is 5.32 Å². The monoisotopic (exact) mass is 350 g/mol. The van der Waals surface area contributed by atoms with Gasteiger partial charge in [0, 0.05) is 17.6 Å². The van der Waals surface area contributed by atoms with Crippen LogP contribution in [0.5, 0.6) is 0 Å². The molecule has 23 heavy (non-hydrogen) atoms. The van der Waals surface area contributed by atoms with E-state index in [1.54, 1.807) is 24.3 Å². The second-order valence-corrected chi connectivity index (χ2v) is 5.91. The van der Waals surface area contributed by atoms with Gasteiger partial charge >= 0.3 is 0 Å². The van der Waals surface area contributed by atoms with Crippen molar-refractivity contribution in [3.63, 3.8) is 0 Å². The van der Waals surface area contributed by atoms with Crippen LogP contribution in [0.2, 0.25) is 10.0 Å². The number of hydrogen-bond acceptors (Lipinski definition) is 2. The Morgan fingerprint density at radius 3 is 2.48 bits per heavy atom. The second kappa shape index (κ2) is 7.49. The number of carbonyl (C=O) groups excluding carboxylic acids is 2. The molecule has 120 valence electrons. The predicted octanol–water partition coefficient (Wildman–Crippen LogP) is 4.29. The summed E-state index contributed by atoms with van der Waals surface area (Å²) < 4.78 is 0. The number of para-hydroxylation sites is 1. The molecular formula is C17H16Cl2N2O2. The minimum Gasteiger partial charge on any atom is -0.323 e. The normalized spacial score (nSPS) is 10.3. The molecule has 0 fully saturated rings. The summed E-state index contributed by atoms with van der Waals surface area (Å²) in [4.78, 5) is 25.6. The molecule has 0 aliphatic carbocycles. The van der Waals surface area contributed by atoms with Crippen molar-refractivity contribution in [1.82, 2.24) is 0 Å². The van der Waals surface area contributed by atoms with E-state index in [1.807, 2.05) is 25.1 Å². The predicted molar refractivity (Wildman–Crippen MR) is 94.3 cm³/mol. The lowest BCUT2D eigenvalue weighted by Gasteiger charge is -2.22. The highest BCUT2D eigenvalue weighted by molar-refractivity contribution is 6.35. The van der Waals surface area contributed by atoms with Crippen molar-refractivity contribution >= 4 is 46.4 Å². The molecule has 2 amide bonds. The molecule has 0 bridgehead atoms. The number of aryl methyl sites for hydroxylation is 1. The van der Waals surface area contributed by atoms with Crippen LogP contribution in [0.1, 0.15) is 12.5 Å². The van der Waals surface area contributed by atoms with Gasteiger partial charge in [-0.05, 0) is 36.8 Å². The lowest BCUT2D eigenvalue weighted by molar-refractivity contribution is -0.120. The summed E-state index contributed by atoms with van der Waals surface area (Å²) in [5.41, 5.74) is 2.03. The lowest BCUT2D eigenvalue weighted by Crippen LogP contribution is -2.37. The third kappa shape index (κ3) is 4.47. The molecule has 0 aromatic heterocycles. The highest BCUT2D eigenvalue weighted by atomic mass is 35.5. The van der Waals surface area contributed by atoms with Crippen molar-refractivity contribution in [3.05, 3.63) is 58.1 Å². The van der Waals surface area contributed by atoms with Gasteiger partial charge in [-0.15, -0.1) is 0 Å². The molecule has 0 saturated carbocycles. The van der Waals surface area contributed by atoms with Gasteiger partial charge in [0.05, 0.1) is 10.7 Å². The van der Waals surface area contributed by atoms with Gasteiger partial charge in [-0.1, -0.05) is 41.4 Å². The Bertz CT molecular complexity index is 747. The molecule has 0 saturated heterocycles. The first kappa shape index (κ1) is 17.3. The molecule has 2 aromatic rings. The molecule has 1 N–H and O–H groups in total. The third-order valence-electron chi connectivity index (χ3n) is 3.29. The number of amides is 2. The number of rotatable bonds is 4. The molecule has 0 spiro atoms. The fraction of sp³-hybridized carbons (Fsp3) is 0.176. The fourth-order valence-corrected chi connectivity index (χ4v) is 2.50. The first-order valence-corrected chi connectivity index (χ1v) is 7.72. The molecule has 0 atom stereocenters. The van der Waals surface area contributed by atoms with E-state index in [4.69, 9.17) is 23.2 Å². The van der Waals surface area contributed by atoms with Crippen LogP contribution >= 0.6 is 23.2 Å². The third-order valence-corrected chi connectivity index (χ3v) is 3.86. The van der Waals surface area contributed by atoms with Crippen LogP contribution in [0.3, 0.4) is 0 Å². The van der Waals surface area contributed by atoms with Crippen LogP contribution < -0.4 is 10.2 Å². The fourth-order valence-electron chi connectivity index (χ4n) is 2.16. The van der Waals surface area contributed by atoms with E-state index in [-0.39, 0.29) is 18.4 Å². The maximum atomic E-state index is 12.3. The summed E-state index contributed by atoms with van der Waals surface area (Å²) in [6.45, 7) is 3.20. The van der Waals surface area contributed by atoms with Crippen LogP contribution in [0.25, 0.3) is 0 Å². The van der Waals surface area contributed by atoms with E-state index >= 15 is 0 Å². The number of nitrogens with zero attached hydrogens (tertiary/aromatic N) is 1. The lowest BCUT2D eigenvalue weighted by atomic mass is 10.2. The quantitative estimate of drug-likeness (QED) is 0.893. The van der Waals surface area contributed by atoms with Gasteiger partial charge in [0.2, 0.25) is 11.8 Å². The average molecular weight is 351 g/mol. The van der Waals surface area contributed by atoms with Crippen molar-refractivity contribution in [2.45, 2.75) is 13.8 Å². The summed E-state index contributed by atoms with van der Waals surface area (Å²) in [6, 6.07) is 12.2. The summed E-state index contributed by atoms with van der Waals surface area (Å²) in [7, 11) is 0. The second-order valence-electron chi connectivity index (χ2n) is 5.06. The number of carbonyl (C=O) groups is 2. The molecule has 6 heteroatoms. The molecule has 0 heterocycles. The molecule has 0 aliphatic heterocycles. The summed E-state index contributed by atoms with van der Waals surface area (Å²) in [5.74, 6) is -0.570.